The second-order valence-corrected chi connectivity index (χ2v) is 5.59. The zero-order valence-corrected chi connectivity index (χ0v) is 11.1. The van der Waals surface area contributed by atoms with Gasteiger partial charge in [-0.3, -0.25) is 4.90 Å². The molecule has 1 saturated heterocycles. The lowest BCUT2D eigenvalue weighted by Gasteiger charge is -2.29. The summed E-state index contributed by atoms with van der Waals surface area (Å²) < 4.78 is 5.50. The van der Waals surface area contributed by atoms with Gasteiger partial charge in [0.15, 0.2) is 0 Å². The summed E-state index contributed by atoms with van der Waals surface area (Å²) in [6, 6.07) is 0.749. The second kappa shape index (κ2) is 5.36. The molecule has 1 atom stereocenters. The van der Waals surface area contributed by atoms with Gasteiger partial charge in [-0.05, 0) is 44.7 Å². The molecule has 5 nitrogen and oxygen atoms in total. The molecule has 2 aliphatic rings. The summed E-state index contributed by atoms with van der Waals surface area (Å²) in [6.07, 6.45) is 5.31. The van der Waals surface area contributed by atoms with Crippen LogP contribution in [-0.4, -0.2) is 40.8 Å². The number of nitrogens with one attached hydrogen (secondary N) is 1. The van der Waals surface area contributed by atoms with Crippen LogP contribution >= 0.6 is 0 Å². The van der Waals surface area contributed by atoms with Crippen LogP contribution in [0.3, 0.4) is 0 Å². The van der Waals surface area contributed by atoms with Crippen molar-refractivity contribution in [3.63, 3.8) is 0 Å². The van der Waals surface area contributed by atoms with Crippen molar-refractivity contribution in [3.05, 3.63) is 11.8 Å². The summed E-state index contributed by atoms with van der Waals surface area (Å²) >= 11 is 0. The average molecular weight is 250 g/mol. The smallest absolute Gasteiger partial charge is 0.230 e. The SMILES string of the molecule is Cc1nnc(CN(CC2CCCNC2)C2CC2)o1. The first-order chi connectivity index (χ1) is 8.81. The highest BCUT2D eigenvalue weighted by atomic mass is 16.4. The fourth-order valence-electron chi connectivity index (χ4n) is 2.77. The van der Waals surface area contributed by atoms with Gasteiger partial charge in [0.05, 0.1) is 6.54 Å². The van der Waals surface area contributed by atoms with Gasteiger partial charge in [0.1, 0.15) is 0 Å². The standard InChI is InChI=1S/C13H22N4O/c1-10-15-16-13(18-10)9-17(12-4-5-12)8-11-3-2-6-14-7-11/h11-12,14H,2-9H2,1H3. The fraction of sp³-hybridized carbons (Fsp3) is 0.846. The highest BCUT2D eigenvalue weighted by molar-refractivity contribution is 4.90. The quantitative estimate of drug-likeness (QED) is 0.854. The van der Waals surface area contributed by atoms with E-state index < -0.39 is 0 Å². The number of hydrogen-bond acceptors (Lipinski definition) is 5. The number of aromatic nitrogens is 2. The lowest BCUT2D eigenvalue weighted by molar-refractivity contribution is 0.177. The number of aryl methyl sites for hydroxylation is 1. The molecule has 1 aromatic rings. The molecule has 1 N–H and O–H groups in total. The predicted octanol–water partition coefficient (Wildman–Crippen LogP) is 1.34. The second-order valence-electron chi connectivity index (χ2n) is 5.59. The molecule has 1 aliphatic carbocycles. The van der Waals surface area contributed by atoms with E-state index in [1.807, 2.05) is 6.92 Å². The van der Waals surface area contributed by atoms with E-state index in [0.29, 0.717) is 5.89 Å². The van der Waals surface area contributed by atoms with Crippen molar-refractivity contribution in [2.24, 2.45) is 5.92 Å². The molecule has 0 amide bonds. The Kier molecular flexibility index (Phi) is 3.61. The summed E-state index contributed by atoms with van der Waals surface area (Å²) in [5.41, 5.74) is 0. The largest absolute Gasteiger partial charge is 0.424 e. The molecule has 2 heterocycles. The van der Waals surface area contributed by atoms with Gasteiger partial charge in [0.25, 0.3) is 0 Å². The maximum atomic E-state index is 5.50. The molecule has 0 spiro atoms. The molecule has 1 aromatic heterocycles. The number of piperidine rings is 1. The summed E-state index contributed by atoms with van der Waals surface area (Å²) in [5, 5.41) is 11.5. The number of nitrogens with zero attached hydrogens (tertiary/aromatic N) is 3. The molecule has 0 bridgehead atoms. The van der Waals surface area contributed by atoms with Crippen molar-refractivity contribution in [2.75, 3.05) is 19.6 Å². The van der Waals surface area contributed by atoms with Gasteiger partial charge in [-0.2, -0.15) is 0 Å². The third-order valence-corrected chi connectivity index (χ3v) is 3.86. The van der Waals surface area contributed by atoms with Crippen LogP contribution in [0.15, 0.2) is 4.42 Å². The van der Waals surface area contributed by atoms with Gasteiger partial charge in [0.2, 0.25) is 11.8 Å². The molecule has 3 rings (SSSR count). The number of rotatable bonds is 5. The van der Waals surface area contributed by atoms with Crippen LogP contribution in [0, 0.1) is 12.8 Å². The molecule has 0 radical (unpaired) electrons. The summed E-state index contributed by atoms with van der Waals surface area (Å²) in [5.74, 6) is 2.21. The van der Waals surface area contributed by atoms with E-state index in [0.717, 1.165) is 30.9 Å². The summed E-state index contributed by atoms with van der Waals surface area (Å²) in [4.78, 5) is 2.53. The molecule has 1 unspecified atom stereocenters. The van der Waals surface area contributed by atoms with Crippen molar-refractivity contribution >= 4 is 0 Å². The molecular formula is C13H22N4O. The van der Waals surface area contributed by atoms with Crippen LogP contribution in [-0.2, 0) is 6.54 Å². The van der Waals surface area contributed by atoms with Gasteiger partial charge in [-0.1, -0.05) is 0 Å². The van der Waals surface area contributed by atoms with E-state index in [4.69, 9.17) is 4.42 Å². The van der Waals surface area contributed by atoms with Gasteiger partial charge >= 0.3 is 0 Å². The molecule has 100 valence electrons. The van der Waals surface area contributed by atoms with E-state index in [1.165, 1.54) is 38.8 Å². The third-order valence-electron chi connectivity index (χ3n) is 3.86. The van der Waals surface area contributed by atoms with Gasteiger partial charge in [-0.15, -0.1) is 10.2 Å². The number of hydrogen-bond donors (Lipinski definition) is 1. The molecular weight excluding hydrogens is 228 g/mol. The van der Waals surface area contributed by atoms with Crippen molar-refractivity contribution < 1.29 is 4.42 Å². The lowest BCUT2D eigenvalue weighted by Crippen LogP contribution is -2.39. The Balaban J connectivity index is 1.57. The van der Waals surface area contributed by atoms with Crippen LogP contribution in [0.2, 0.25) is 0 Å². The highest BCUT2D eigenvalue weighted by Crippen LogP contribution is 2.29. The fourth-order valence-corrected chi connectivity index (χ4v) is 2.77. The Bertz CT molecular complexity index is 382. The van der Waals surface area contributed by atoms with Crippen molar-refractivity contribution in [1.82, 2.24) is 20.4 Å². The average Bonchev–Trinajstić information content (AvgIpc) is 3.15. The summed E-state index contributed by atoms with van der Waals surface area (Å²) in [7, 11) is 0. The van der Waals surface area contributed by atoms with Gasteiger partial charge in [-0.25, -0.2) is 0 Å². The maximum absolute atomic E-state index is 5.50. The van der Waals surface area contributed by atoms with Crippen LogP contribution in [0.5, 0.6) is 0 Å². The Hall–Kier alpha value is -0.940. The Morgan fingerprint density at radius 2 is 2.22 bits per heavy atom. The van der Waals surface area contributed by atoms with Crippen LogP contribution in [0.4, 0.5) is 0 Å². The van der Waals surface area contributed by atoms with E-state index >= 15 is 0 Å². The van der Waals surface area contributed by atoms with Crippen molar-refractivity contribution in [1.29, 1.82) is 0 Å². The first-order valence-electron chi connectivity index (χ1n) is 7.05. The van der Waals surface area contributed by atoms with E-state index in [9.17, 15) is 0 Å². The first-order valence-corrected chi connectivity index (χ1v) is 7.05. The molecule has 18 heavy (non-hydrogen) atoms. The molecule has 5 heteroatoms. The van der Waals surface area contributed by atoms with E-state index in [2.05, 4.69) is 20.4 Å². The van der Waals surface area contributed by atoms with E-state index in [-0.39, 0.29) is 0 Å². The van der Waals surface area contributed by atoms with Crippen molar-refractivity contribution in [2.45, 2.75) is 45.2 Å². The third kappa shape index (κ3) is 3.09. The monoisotopic (exact) mass is 250 g/mol. The van der Waals surface area contributed by atoms with Gasteiger partial charge in [0, 0.05) is 19.5 Å². The summed E-state index contributed by atoms with van der Waals surface area (Å²) in [6.45, 7) is 6.18. The normalized spacial score (nSPS) is 24.7. The van der Waals surface area contributed by atoms with Gasteiger partial charge < -0.3 is 9.73 Å². The van der Waals surface area contributed by atoms with Crippen LogP contribution < -0.4 is 5.32 Å². The topological polar surface area (TPSA) is 54.2 Å². The Morgan fingerprint density at radius 3 is 2.83 bits per heavy atom. The zero-order valence-electron chi connectivity index (χ0n) is 11.1. The predicted molar refractivity (Wildman–Crippen MR) is 68.1 cm³/mol. The minimum atomic E-state index is 0.667. The minimum absolute atomic E-state index is 0.667. The zero-order chi connectivity index (χ0) is 12.4. The maximum Gasteiger partial charge on any atom is 0.230 e. The molecule has 1 aliphatic heterocycles. The molecule has 0 aromatic carbocycles. The minimum Gasteiger partial charge on any atom is -0.424 e. The first kappa shape index (κ1) is 12.1. The molecule has 1 saturated carbocycles. The van der Waals surface area contributed by atoms with Crippen LogP contribution in [0.25, 0.3) is 0 Å². The van der Waals surface area contributed by atoms with Crippen LogP contribution in [0.1, 0.15) is 37.5 Å². The van der Waals surface area contributed by atoms with Crippen molar-refractivity contribution in [3.8, 4) is 0 Å². The molecule has 2 fully saturated rings. The van der Waals surface area contributed by atoms with E-state index in [1.54, 1.807) is 0 Å². The Morgan fingerprint density at radius 1 is 1.33 bits per heavy atom. The highest BCUT2D eigenvalue weighted by Gasteiger charge is 2.31. The Labute approximate surface area is 108 Å². The lowest BCUT2D eigenvalue weighted by atomic mass is 9.99.